The zero-order valence-corrected chi connectivity index (χ0v) is 15.5. The largest absolute Gasteiger partial charge is 0.504 e. The Kier molecular flexibility index (Phi) is 3.33. The first-order valence-corrected chi connectivity index (χ1v) is 9.89. The highest BCUT2D eigenvalue weighted by molar-refractivity contribution is 5.89. The molecule has 5 rings (SSSR count). The van der Waals surface area contributed by atoms with Crippen molar-refractivity contribution in [2.24, 2.45) is 5.92 Å². The highest BCUT2D eigenvalue weighted by atomic mass is 16.5. The summed E-state index contributed by atoms with van der Waals surface area (Å²) in [7, 11) is 2.11. The Bertz CT molecular complexity index is 788. The van der Waals surface area contributed by atoms with Crippen molar-refractivity contribution in [3.63, 3.8) is 0 Å². The zero-order chi connectivity index (χ0) is 18.3. The number of hydrogen-bond donors (Lipinski definition) is 2. The predicted molar refractivity (Wildman–Crippen MR) is 96.5 cm³/mol. The molecule has 0 bridgehead atoms. The number of aliphatic hydroxyl groups is 1. The molecule has 3 aliphatic carbocycles. The molecule has 4 aliphatic rings. The van der Waals surface area contributed by atoms with Crippen molar-refractivity contribution in [1.82, 2.24) is 4.90 Å². The molecule has 26 heavy (non-hydrogen) atoms. The van der Waals surface area contributed by atoms with Crippen LogP contribution in [0, 0.1) is 5.92 Å². The number of ketones is 1. The smallest absolute Gasteiger partial charge is 0.174 e. The van der Waals surface area contributed by atoms with E-state index >= 15 is 0 Å². The molecule has 0 amide bonds. The highest BCUT2D eigenvalue weighted by Gasteiger charge is 2.70. The number of phenols is 1. The van der Waals surface area contributed by atoms with Crippen LogP contribution in [0.2, 0.25) is 0 Å². The normalized spacial score (nSPS) is 37.6. The van der Waals surface area contributed by atoms with Crippen LogP contribution in [0.15, 0.2) is 12.1 Å². The van der Waals surface area contributed by atoms with Crippen molar-refractivity contribution >= 4 is 5.78 Å². The average molecular weight is 357 g/mol. The first kappa shape index (κ1) is 16.6. The van der Waals surface area contributed by atoms with Gasteiger partial charge >= 0.3 is 0 Å². The van der Waals surface area contributed by atoms with E-state index in [1.807, 2.05) is 13.0 Å². The van der Waals surface area contributed by atoms with Crippen LogP contribution in [0.1, 0.15) is 50.2 Å². The van der Waals surface area contributed by atoms with Crippen LogP contribution in [-0.2, 0) is 16.6 Å². The lowest BCUT2D eigenvalue weighted by atomic mass is 9.51. The lowest BCUT2D eigenvalue weighted by Gasteiger charge is -2.58. The number of carbonyl (C=O) groups excluding carboxylic acids is 1. The summed E-state index contributed by atoms with van der Waals surface area (Å²) in [4.78, 5) is 15.1. The second-order valence-electron chi connectivity index (χ2n) is 8.76. The Morgan fingerprint density at radius 1 is 1.35 bits per heavy atom. The number of phenolic OH excluding ortho intramolecular Hbond substituents is 1. The van der Waals surface area contributed by atoms with Gasteiger partial charge in [0.2, 0.25) is 0 Å². The number of nitrogens with zero attached hydrogens (tertiary/aromatic N) is 1. The summed E-state index contributed by atoms with van der Waals surface area (Å²) in [5, 5.41) is 22.5. The van der Waals surface area contributed by atoms with Gasteiger partial charge in [-0.15, -0.1) is 0 Å². The minimum Gasteiger partial charge on any atom is -0.504 e. The standard InChI is InChI=1S/C21H27NO4/c1-3-20-17-13-6-7-14(23)18(17)26-19(20)15(24)8-9-21(20,25)16(10-13)22(2)11-12-4-5-12/h6-7,12,16,19,23,25H,3-5,8-11H2,1-2H3/t16-,19+,20+,21-/m1/s1. The number of ether oxygens (including phenoxy) is 1. The molecule has 1 aliphatic heterocycles. The summed E-state index contributed by atoms with van der Waals surface area (Å²) in [6, 6.07) is 3.58. The fraction of sp³-hybridized carbons (Fsp3) is 0.667. The van der Waals surface area contributed by atoms with Crippen LogP contribution in [0.4, 0.5) is 0 Å². The van der Waals surface area contributed by atoms with Gasteiger partial charge in [0.05, 0.1) is 11.0 Å². The number of Topliss-reactive ketones (excluding diaryl/α,β-unsaturated/α-hetero) is 1. The molecule has 2 saturated carbocycles. The Morgan fingerprint density at radius 3 is 2.81 bits per heavy atom. The molecule has 1 heterocycles. The highest BCUT2D eigenvalue weighted by Crippen LogP contribution is 2.63. The molecule has 0 saturated heterocycles. The van der Waals surface area contributed by atoms with Gasteiger partial charge in [-0.2, -0.15) is 0 Å². The zero-order valence-electron chi connectivity index (χ0n) is 15.5. The Hall–Kier alpha value is -1.59. The lowest BCUT2D eigenvalue weighted by Crippen LogP contribution is -2.72. The summed E-state index contributed by atoms with van der Waals surface area (Å²) in [6.45, 7) is 3.03. The van der Waals surface area contributed by atoms with Gasteiger partial charge in [0, 0.05) is 24.6 Å². The van der Waals surface area contributed by atoms with Gasteiger partial charge < -0.3 is 14.9 Å². The van der Waals surface area contributed by atoms with Crippen LogP contribution in [0.3, 0.4) is 0 Å². The fourth-order valence-corrected chi connectivity index (χ4v) is 6.06. The van der Waals surface area contributed by atoms with Crippen LogP contribution >= 0.6 is 0 Å². The van der Waals surface area contributed by atoms with E-state index in [1.165, 1.54) is 12.8 Å². The number of rotatable bonds is 4. The molecule has 5 nitrogen and oxygen atoms in total. The molecule has 2 N–H and O–H groups in total. The molecule has 140 valence electrons. The first-order chi connectivity index (χ1) is 12.4. The third kappa shape index (κ3) is 1.86. The fourth-order valence-electron chi connectivity index (χ4n) is 6.06. The third-order valence-corrected chi connectivity index (χ3v) is 7.47. The molecule has 1 aromatic carbocycles. The molecular formula is C21H27NO4. The van der Waals surface area contributed by atoms with Gasteiger partial charge in [-0.05, 0) is 56.7 Å². The summed E-state index contributed by atoms with van der Waals surface area (Å²) in [5.74, 6) is 1.28. The van der Waals surface area contributed by atoms with Crippen molar-refractivity contribution < 1.29 is 19.7 Å². The molecule has 0 spiro atoms. The van der Waals surface area contributed by atoms with Crippen molar-refractivity contribution in [2.75, 3.05) is 13.6 Å². The number of likely N-dealkylation sites (N-methyl/N-ethyl adjacent to an activating group) is 1. The van der Waals surface area contributed by atoms with Gasteiger partial charge in [-0.25, -0.2) is 0 Å². The topological polar surface area (TPSA) is 70.0 Å². The molecule has 0 aromatic heterocycles. The lowest BCUT2D eigenvalue weighted by molar-refractivity contribution is -0.169. The summed E-state index contributed by atoms with van der Waals surface area (Å²) in [6.07, 6.45) is 4.01. The summed E-state index contributed by atoms with van der Waals surface area (Å²) in [5.41, 5.74) is 0.216. The average Bonchev–Trinajstić information content (AvgIpc) is 3.34. The first-order valence-electron chi connectivity index (χ1n) is 9.89. The van der Waals surface area contributed by atoms with Crippen molar-refractivity contribution in [3.8, 4) is 11.5 Å². The van der Waals surface area contributed by atoms with E-state index < -0.39 is 17.1 Å². The SMILES string of the molecule is CC[C@]12c3c4ccc(O)c3O[C@H]1C(=O)CC[C@@]2(O)[C@H](N(C)CC1CC1)C4. The number of carbonyl (C=O) groups is 1. The van der Waals surface area contributed by atoms with Gasteiger partial charge in [-0.3, -0.25) is 9.69 Å². The van der Waals surface area contributed by atoms with Crippen LogP contribution in [0.25, 0.3) is 0 Å². The predicted octanol–water partition coefficient (Wildman–Crippen LogP) is 2.16. The molecule has 0 unspecified atom stereocenters. The van der Waals surface area contributed by atoms with Crippen molar-refractivity contribution in [1.29, 1.82) is 0 Å². The number of benzene rings is 1. The minimum absolute atomic E-state index is 0.0368. The Labute approximate surface area is 154 Å². The molecule has 0 radical (unpaired) electrons. The van der Waals surface area contributed by atoms with Crippen LogP contribution in [0.5, 0.6) is 11.5 Å². The van der Waals surface area contributed by atoms with E-state index in [-0.39, 0.29) is 17.6 Å². The van der Waals surface area contributed by atoms with Gasteiger partial charge in [0.25, 0.3) is 0 Å². The van der Waals surface area contributed by atoms with Crippen molar-refractivity contribution in [2.45, 2.75) is 68.6 Å². The minimum atomic E-state index is -1.02. The second-order valence-corrected chi connectivity index (χ2v) is 8.76. The molecule has 1 aromatic rings. The van der Waals surface area contributed by atoms with Gasteiger partial charge in [-0.1, -0.05) is 13.0 Å². The maximum atomic E-state index is 12.8. The number of aromatic hydroxyl groups is 1. The quantitative estimate of drug-likeness (QED) is 0.864. The van der Waals surface area contributed by atoms with Gasteiger partial charge in [0.1, 0.15) is 0 Å². The van der Waals surface area contributed by atoms with Gasteiger partial charge in [0.15, 0.2) is 23.4 Å². The van der Waals surface area contributed by atoms with E-state index in [0.717, 1.165) is 30.0 Å². The molecule has 2 fully saturated rings. The molecule has 5 heteroatoms. The summed E-state index contributed by atoms with van der Waals surface area (Å²) >= 11 is 0. The molecular weight excluding hydrogens is 330 g/mol. The number of hydrogen-bond acceptors (Lipinski definition) is 5. The van der Waals surface area contributed by atoms with Crippen LogP contribution < -0.4 is 4.74 Å². The van der Waals surface area contributed by atoms with E-state index in [9.17, 15) is 15.0 Å². The van der Waals surface area contributed by atoms with E-state index in [0.29, 0.717) is 25.0 Å². The van der Waals surface area contributed by atoms with E-state index in [4.69, 9.17) is 4.74 Å². The Balaban J connectivity index is 1.71. The van der Waals surface area contributed by atoms with E-state index in [2.05, 4.69) is 11.9 Å². The molecule has 4 atom stereocenters. The van der Waals surface area contributed by atoms with Crippen molar-refractivity contribution in [3.05, 3.63) is 23.3 Å². The second kappa shape index (κ2) is 5.23. The Morgan fingerprint density at radius 2 is 2.12 bits per heavy atom. The van der Waals surface area contributed by atoms with Crippen LogP contribution in [-0.4, -0.2) is 52.2 Å². The maximum absolute atomic E-state index is 12.8. The monoisotopic (exact) mass is 357 g/mol. The van der Waals surface area contributed by atoms with E-state index in [1.54, 1.807) is 6.07 Å². The third-order valence-electron chi connectivity index (χ3n) is 7.47. The maximum Gasteiger partial charge on any atom is 0.174 e. The summed E-state index contributed by atoms with van der Waals surface area (Å²) < 4.78 is 6.05.